The molecular weight excluding hydrogens is 432 g/mol. The van der Waals surface area contributed by atoms with Crippen molar-refractivity contribution in [3.63, 3.8) is 0 Å². The number of hydrogen-bond donors (Lipinski definition) is 2. The summed E-state index contributed by atoms with van der Waals surface area (Å²) in [5.74, 6) is -1.48. The standard InChI is InChI=1S/C27H32N2O5/c1-17(2)29(15-25(30)31)26(32)19-13-7-8-18(19)14-28-27(33)34-16-24-22-11-5-3-9-20(22)21-10-4-6-12-23(21)24/h3-6,9-12,17-19,24H,7-8,13-16H2,1-2H3,(H,28,33)(H,30,31)/t18-,19-/m0/s1. The highest BCUT2D eigenvalue weighted by atomic mass is 16.5. The van der Waals surface area contributed by atoms with Crippen molar-refractivity contribution in [2.45, 2.75) is 45.1 Å². The second-order valence-corrected chi connectivity index (χ2v) is 9.46. The number of carboxylic acids is 1. The summed E-state index contributed by atoms with van der Waals surface area (Å²) in [6.45, 7) is 3.91. The van der Waals surface area contributed by atoms with Crippen molar-refractivity contribution < 1.29 is 24.2 Å². The van der Waals surface area contributed by atoms with Gasteiger partial charge in [-0.1, -0.05) is 55.0 Å². The Labute approximate surface area is 200 Å². The number of benzene rings is 2. The predicted octanol–water partition coefficient (Wildman–Crippen LogP) is 4.26. The minimum atomic E-state index is -1.02. The summed E-state index contributed by atoms with van der Waals surface area (Å²) in [4.78, 5) is 38.2. The number of amides is 2. The molecule has 1 fully saturated rings. The van der Waals surface area contributed by atoms with Crippen LogP contribution in [0, 0.1) is 11.8 Å². The fourth-order valence-corrected chi connectivity index (χ4v) is 5.34. The Morgan fingerprint density at radius 3 is 2.24 bits per heavy atom. The maximum Gasteiger partial charge on any atom is 0.407 e. The molecule has 2 atom stereocenters. The van der Waals surface area contributed by atoms with Crippen molar-refractivity contribution in [3.8, 4) is 11.1 Å². The zero-order chi connectivity index (χ0) is 24.2. The first-order chi connectivity index (χ1) is 16.4. The quantitative estimate of drug-likeness (QED) is 0.609. The van der Waals surface area contributed by atoms with Crippen molar-refractivity contribution in [3.05, 3.63) is 59.7 Å². The number of hydrogen-bond acceptors (Lipinski definition) is 4. The highest BCUT2D eigenvalue weighted by Crippen LogP contribution is 2.44. The summed E-state index contributed by atoms with van der Waals surface area (Å²) in [7, 11) is 0. The van der Waals surface area contributed by atoms with E-state index in [1.807, 2.05) is 38.1 Å². The molecule has 180 valence electrons. The molecule has 7 heteroatoms. The maximum absolute atomic E-state index is 13.0. The Morgan fingerprint density at radius 2 is 1.65 bits per heavy atom. The summed E-state index contributed by atoms with van der Waals surface area (Å²) in [5.41, 5.74) is 4.67. The average molecular weight is 465 g/mol. The van der Waals surface area contributed by atoms with Crippen LogP contribution in [0.25, 0.3) is 11.1 Å². The number of nitrogens with one attached hydrogen (secondary N) is 1. The molecule has 2 aliphatic carbocycles. The molecule has 0 aliphatic heterocycles. The molecule has 2 N–H and O–H groups in total. The first-order valence-electron chi connectivity index (χ1n) is 12.0. The van der Waals surface area contributed by atoms with Crippen LogP contribution in [0.15, 0.2) is 48.5 Å². The monoisotopic (exact) mass is 464 g/mol. The van der Waals surface area contributed by atoms with Gasteiger partial charge in [0.05, 0.1) is 0 Å². The molecule has 4 rings (SSSR count). The topological polar surface area (TPSA) is 95.9 Å². The van der Waals surface area contributed by atoms with Crippen LogP contribution in [0.2, 0.25) is 0 Å². The third-order valence-corrected chi connectivity index (χ3v) is 7.04. The van der Waals surface area contributed by atoms with Gasteiger partial charge in [0.15, 0.2) is 0 Å². The third-order valence-electron chi connectivity index (χ3n) is 7.04. The molecule has 0 unspecified atom stereocenters. The number of nitrogens with zero attached hydrogens (tertiary/aromatic N) is 1. The van der Waals surface area contributed by atoms with E-state index in [4.69, 9.17) is 4.74 Å². The van der Waals surface area contributed by atoms with Gasteiger partial charge in [-0.05, 0) is 54.9 Å². The van der Waals surface area contributed by atoms with Crippen molar-refractivity contribution >= 4 is 18.0 Å². The Bertz CT molecular complexity index is 1020. The minimum absolute atomic E-state index is 0.00502. The van der Waals surface area contributed by atoms with Gasteiger partial charge in [-0.3, -0.25) is 9.59 Å². The lowest BCUT2D eigenvalue weighted by Crippen LogP contribution is -2.46. The number of alkyl carbamates (subject to hydrolysis) is 1. The van der Waals surface area contributed by atoms with Gasteiger partial charge in [0.1, 0.15) is 13.2 Å². The van der Waals surface area contributed by atoms with Crippen LogP contribution in [0.3, 0.4) is 0 Å². The van der Waals surface area contributed by atoms with Gasteiger partial charge in [0.2, 0.25) is 5.91 Å². The number of carboxylic acid groups (broad SMARTS) is 1. The average Bonchev–Trinajstić information content (AvgIpc) is 3.42. The number of carbonyl (C=O) groups excluding carboxylic acids is 2. The molecule has 0 saturated heterocycles. The van der Waals surface area contributed by atoms with Crippen LogP contribution in [-0.2, 0) is 14.3 Å². The first-order valence-corrected chi connectivity index (χ1v) is 12.0. The fourth-order valence-electron chi connectivity index (χ4n) is 5.34. The van der Waals surface area contributed by atoms with Crippen LogP contribution >= 0.6 is 0 Å². The molecule has 0 heterocycles. The van der Waals surface area contributed by atoms with Crippen LogP contribution in [0.4, 0.5) is 4.79 Å². The minimum Gasteiger partial charge on any atom is -0.480 e. The van der Waals surface area contributed by atoms with E-state index < -0.39 is 12.1 Å². The molecule has 0 aromatic heterocycles. The Hall–Kier alpha value is -3.35. The van der Waals surface area contributed by atoms with Gasteiger partial charge in [0, 0.05) is 24.4 Å². The van der Waals surface area contributed by atoms with E-state index in [0.717, 1.165) is 24.0 Å². The van der Waals surface area contributed by atoms with Gasteiger partial charge in [-0.2, -0.15) is 0 Å². The molecule has 0 bridgehead atoms. The van der Waals surface area contributed by atoms with E-state index in [-0.39, 0.29) is 42.9 Å². The van der Waals surface area contributed by atoms with E-state index in [2.05, 4.69) is 29.6 Å². The summed E-state index contributed by atoms with van der Waals surface area (Å²) in [6, 6.07) is 16.2. The lowest BCUT2D eigenvalue weighted by molar-refractivity contribution is -0.148. The zero-order valence-corrected chi connectivity index (χ0v) is 19.7. The van der Waals surface area contributed by atoms with Gasteiger partial charge in [-0.15, -0.1) is 0 Å². The number of fused-ring (bicyclic) bond motifs is 3. The maximum atomic E-state index is 13.0. The van der Waals surface area contributed by atoms with E-state index >= 15 is 0 Å². The Morgan fingerprint density at radius 1 is 1.03 bits per heavy atom. The van der Waals surface area contributed by atoms with Gasteiger partial charge in [-0.25, -0.2) is 4.79 Å². The second-order valence-electron chi connectivity index (χ2n) is 9.46. The largest absolute Gasteiger partial charge is 0.480 e. The number of ether oxygens (including phenoxy) is 1. The van der Waals surface area contributed by atoms with E-state index in [1.54, 1.807) is 0 Å². The third kappa shape index (κ3) is 4.93. The summed E-state index contributed by atoms with van der Waals surface area (Å²) < 4.78 is 5.61. The number of rotatable bonds is 8. The van der Waals surface area contributed by atoms with Crippen LogP contribution in [0.1, 0.15) is 50.2 Å². The zero-order valence-electron chi connectivity index (χ0n) is 19.7. The molecule has 2 aromatic carbocycles. The van der Waals surface area contributed by atoms with E-state index in [1.165, 1.54) is 16.0 Å². The molecular formula is C27H32N2O5. The molecule has 2 aliphatic rings. The SMILES string of the molecule is CC(C)N(CC(=O)O)C(=O)[C@H]1CCC[C@H]1CNC(=O)OCC1c2ccccc2-c2ccccc21. The molecule has 2 amide bonds. The van der Waals surface area contributed by atoms with Gasteiger partial charge in [0.25, 0.3) is 0 Å². The molecule has 0 spiro atoms. The molecule has 1 saturated carbocycles. The van der Waals surface area contributed by atoms with Crippen molar-refractivity contribution in [2.24, 2.45) is 11.8 Å². The lowest BCUT2D eigenvalue weighted by Gasteiger charge is -2.30. The second kappa shape index (κ2) is 10.3. The normalized spacial score (nSPS) is 18.9. The number of carbonyl (C=O) groups is 3. The van der Waals surface area contributed by atoms with Crippen LogP contribution in [-0.4, -0.2) is 53.7 Å². The summed E-state index contributed by atoms with van der Waals surface area (Å²) in [5, 5.41) is 12.0. The highest BCUT2D eigenvalue weighted by molar-refractivity contribution is 5.84. The van der Waals surface area contributed by atoms with Crippen LogP contribution in [0.5, 0.6) is 0 Å². The van der Waals surface area contributed by atoms with Gasteiger partial charge < -0.3 is 20.1 Å². The van der Waals surface area contributed by atoms with Crippen molar-refractivity contribution in [1.29, 1.82) is 0 Å². The number of aliphatic carboxylic acids is 1. The van der Waals surface area contributed by atoms with Crippen molar-refractivity contribution in [1.82, 2.24) is 10.2 Å². The molecule has 0 radical (unpaired) electrons. The summed E-state index contributed by atoms with van der Waals surface area (Å²) >= 11 is 0. The smallest absolute Gasteiger partial charge is 0.407 e. The Balaban J connectivity index is 1.34. The summed E-state index contributed by atoms with van der Waals surface area (Å²) in [6.07, 6.45) is 1.91. The van der Waals surface area contributed by atoms with E-state index in [9.17, 15) is 19.5 Å². The van der Waals surface area contributed by atoms with Gasteiger partial charge >= 0.3 is 12.1 Å². The van der Waals surface area contributed by atoms with Crippen LogP contribution < -0.4 is 5.32 Å². The van der Waals surface area contributed by atoms with E-state index in [0.29, 0.717) is 13.0 Å². The molecule has 34 heavy (non-hydrogen) atoms. The first kappa shape index (κ1) is 23.8. The predicted molar refractivity (Wildman–Crippen MR) is 128 cm³/mol. The highest BCUT2D eigenvalue weighted by Gasteiger charge is 2.37. The van der Waals surface area contributed by atoms with Crippen molar-refractivity contribution in [2.75, 3.05) is 19.7 Å². The Kier molecular flexibility index (Phi) is 7.20. The fraction of sp³-hybridized carbons (Fsp3) is 0.444. The molecule has 2 aromatic rings. The molecule has 7 nitrogen and oxygen atoms in total. The lowest BCUT2D eigenvalue weighted by atomic mass is 9.94.